The summed E-state index contributed by atoms with van der Waals surface area (Å²) in [6, 6.07) is 2.51. The SMILES string of the molecule is CN(c1ccncc1Br)C1CCOC1. The zero-order chi connectivity index (χ0) is 9.97. The first-order valence-corrected chi connectivity index (χ1v) is 5.48. The predicted molar refractivity (Wildman–Crippen MR) is 59.6 cm³/mol. The molecule has 1 saturated heterocycles. The maximum absolute atomic E-state index is 5.37. The molecular weight excluding hydrogens is 244 g/mol. The maximum Gasteiger partial charge on any atom is 0.0670 e. The van der Waals surface area contributed by atoms with Gasteiger partial charge in [-0.2, -0.15) is 0 Å². The summed E-state index contributed by atoms with van der Waals surface area (Å²) in [5.41, 5.74) is 1.18. The van der Waals surface area contributed by atoms with Gasteiger partial charge in [0.25, 0.3) is 0 Å². The Morgan fingerprint density at radius 3 is 3.14 bits per heavy atom. The van der Waals surface area contributed by atoms with E-state index in [1.165, 1.54) is 5.69 Å². The minimum atomic E-state index is 0.494. The lowest BCUT2D eigenvalue weighted by Gasteiger charge is -2.26. The van der Waals surface area contributed by atoms with Gasteiger partial charge in [-0.3, -0.25) is 4.98 Å². The van der Waals surface area contributed by atoms with Crippen LogP contribution in [0, 0.1) is 0 Å². The molecule has 0 saturated carbocycles. The highest BCUT2D eigenvalue weighted by Gasteiger charge is 2.21. The average molecular weight is 257 g/mol. The standard InChI is InChI=1S/C10H13BrN2O/c1-13(8-3-5-14-7-8)10-2-4-12-6-9(10)11/h2,4,6,8H,3,5,7H2,1H3. The monoisotopic (exact) mass is 256 g/mol. The number of anilines is 1. The molecule has 1 aliphatic rings. The van der Waals surface area contributed by atoms with Gasteiger partial charge >= 0.3 is 0 Å². The van der Waals surface area contributed by atoms with Crippen LogP contribution in [0.3, 0.4) is 0 Å². The zero-order valence-electron chi connectivity index (χ0n) is 8.11. The van der Waals surface area contributed by atoms with E-state index >= 15 is 0 Å². The van der Waals surface area contributed by atoms with Crippen molar-refractivity contribution in [1.82, 2.24) is 4.98 Å². The van der Waals surface area contributed by atoms with Crippen molar-refractivity contribution in [2.24, 2.45) is 0 Å². The van der Waals surface area contributed by atoms with E-state index in [0.717, 1.165) is 24.1 Å². The molecule has 1 atom stereocenters. The van der Waals surface area contributed by atoms with Gasteiger partial charge in [-0.05, 0) is 28.4 Å². The molecule has 2 heterocycles. The summed E-state index contributed by atoms with van der Waals surface area (Å²) < 4.78 is 6.40. The van der Waals surface area contributed by atoms with Gasteiger partial charge in [0.15, 0.2) is 0 Å². The highest BCUT2D eigenvalue weighted by Crippen LogP contribution is 2.27. The van der Waals surface area contributed by atoms with Gasteiger partial charge in [0.05, 0.1) is 22.8 Å². The summed E-state index contributed by atoms with van der Waals surface area (Å²) in [6.45, 7) is 1.70. The Hall–Kier alpha value is -0.610. The number of aromatic nitrogens is 1. The van der Waals surface area contributed by atoms with Gasteiger partial charge in [-0.25, -0.2) is 0 Å². The molecule has 0 bridgehead atoms. The summed E-state index contributed by atoms with van der Waals surface area (Å²) in [6.07, 6.45) is 4.74. The number of pyridine rings is 1. The van der Waals surface area contributed by atoms with E-state index in [1.807, 2.05) is 18.5 Å². The average Bonchev–Trinajstić information content (AvgIpc) is 2.70. The molecule has 1 aromatic heterocycles. The van der Waals surface area contributed by atoms with Gasteiger partial charge in [0, 0.05) is 26.0 Å². The molecule has 0 N–H and O–H groups in total. The molecular formula is C10H13BrN2O. The topological polar surface area (TPSA) is 25.4 Å². The van der Waals surface area contributed by atoms with Crippen LogP contribution < -0.4 is 4.90 Å². The van der Waals surface area contributed by atoms with Crippen LogP contribution in [0.5, 0.6) is 0 Å². The number of ether oxygens (including phenoxy) is 1. The lowest BCUT2D eigenvalue weighted by atomic mass is 10.2. The first-order chi connectivity index (χ1) is 6.79. The molecule has 0 radical (unpaired) electrons. The Morgan fingerprint density at radius 2 is 2.50 bits per heavy atom. The molecule has 76 valence electrons. The number of likely N-dealkylation sites (N-methyl/N-ethyl adjacent to an activating group) is 1. The first-order valence-electron chi connectivity index (χ1n) is 4.69. The van der Waals surface area contributed by atoms with Crippen molar-refractivity contribution in [3.63, 3.8) is 0 Å². The second-order valence-electron chi connectivity index (χ2n) is 3.46. The fraction of sp³-hybridized carbons (Fsp3) is 0.500. The molecule has 0 amide bonds. The van der Waals surface area contributed by atoms with Gasteiger partial charge in [-0.15, -0.1) is 0 Å². The van der Waals surface area contributed by atoms with Crippen LogP contribution in [0.1, 0.15) is 6.42 Å². The Balaban J connectivity index is 2.17. The third-order valence-electron chi connectivity index (χ3n) is 2.58. The lowest BCUT2D eigenvalue weighted by molar-refractivity contribution is 0.193. The molecule has 0 spiro atoms. The zero-order valence-corrected chi connectivity index (χ0v) is 9.70. The van der Waals surface area contributed by atoms with Crippen molar-refractivity contribution in [2.45, 2.75) is 12.5 Å². The summed E-state index contributed by atoms with van der Waals surface area (Å²) in [7, 11) is 2.10. The summed E-state index contributed by atoms with van der Waals surface area (Å²) in [5.74, 6) is 0. The Bertz CT molecular complexity index is 313. The first kappa shape index (κ1) is 9.93. The van der Waals surface area contributed by atoms with Gasteiger partial charge < -0.3 is 9.64 Å². The van der Waals surface area contributed by atoms with Crippen LogP contribution in [0.15, 0.2) is 22.9 Å². The van der Waals surface area contributed by atoms with Crippen molar-refractivity contribution in [2.75, 3.05) is 25.2 Å². The van der Waals surface area contributed by atoms with Crippen LogP contribution >= 0.6 is 15.9 Å². The fourth-order valence-electron chi connectivity index (χ4n) is 1.68. The molecule has 1 aromatic rings. The van der Waals surface area contributed by atoms with Crippen LogP contribution in [-0.2, 0) is 4.74 Å². The van der Waals surface area contributed by atoms with Gasteiger partial charge in [0.2, 0.25) is 0 Å². The third kappa shape index (κ3) is 1.91. The van der Waals surface area contributed by atoms with E-state index in [0.29, 0.717) is 6.04 Å². The van der Waals surface area contributed by atoms with Crippen LogP contribution in [-0.4, -0.2) is 31.3 Å². The van der Waals surface area contributed by atoms with E-state index in [2.05, 4.69) is 32.9 Å². The van der Waals surface area contributed by atoms with E-state index < -0.39 is 0 Å². The number of nitrogens with zero attached hydrogens (tertiary/aromatic N) is 2. The minimum absolute atomic E-state index is 0.494. The van der Waals surface area contributed by atoms with Crippen LogP contribution in [0.2, 0.25) is 0 Å². The van der Waals surface area contributed by atoms with E-state index in [-0.39, 0.29) is 0 Å². The van der Waals surface area contributed by atoms with Gasteiger partial charge in [0.1, 0.15) is 0 Å². The molecule has 0 aromatic carbocycles. The molecule has 0 aliphatic carbocycles. The van der Waals surface area contributed by atoms with Crippen molar-refractivity contribution >= 4 is 21.6 Å². The number of halogens is 1. The van der Waals surface area contributed by atoms with Crippen molar-refractivity contribution in [3.8, 4) is 0 Å². The smallest absolute Gasteiger partial charge is 0.0670 e. The quantitative estimate of drug-likeness (QED) is 0.811. The summed E-state index contributed by atoms with van der Waals surface area (Å²) >= 11 is 3.50. The highest BCUT2D eigenvalue weighted by atomic mass is 79.9. The number of hydrogen-bond donors (Lipinski definition) is 0. The van der Waals surface area contributed by atoms with E-state index in [4.69, 9.17) is 4.74 Å². The highest BCUT2D eigenvalue weighted by molar-refractivity contribution is 9.10. The third-order valence-corrected chi connectivity index (χ3v) is 3.20. The number of hydrogen-bond acceptors (Lipinski definition) is 3. The second-order valence-corrected chi connectivity index (χ2v) is 4.31. The van der Waals surface area contributed by atoms with Crippen molar-refractivity contribution in [3.05, 3.63) is 22.9 Å². The maximum atomic E-state index is 5.37. The summed E-state index contributed by atoms with van der Waals surface area (Å²) in [5, 5.41) is 0. The molecule has 2 rings (SSSR count). The Kier molecular flexibility index (Phi) is 3.03. The molecule has 4 heteroatoms. The molecule has 14 heavy (non-hydrogen) atoms. The Labute approximate surface area is 92.2 Å². The normalized spacial score (nSPS) is 21.1. The lowest BCUT2D eigenvalue weighted by Crippen LogP contribution is -2.31. The largest absolute Gasteiger partial charge is 0.379 e. The van der Waals surface area contributed by atoms with E-state index in [1.54, 1.807) is 0 Å². The van der Waals surface area contributed by atoms with Crippen molar-refractivity contribution in [1.29, 1.82) is 0 Å². The van der Waals surface area contributed by atoms with Crippen LogP contribution in [0.4, 0.5) is 5.69 Å². The predicted octanol–water partition coefficient (Wildman–Crippen LogP) is 2.07. The Morgan fingerprint density at radius 1 is 1.64 bits per heavy atom. The summed E-state index contributed by atoms with van der Waals surface area (Å²) in [4.78, 5) is 6.30. The molecule has 1 aliphatic heterocycles. The minimum Gasteiger partial charge on any atom is -0.379 e. The van der Waals surface area contributed by atoms with Crippen LogP contribution in [0.25, 0.3) is 0 Å². The second kappa shape index (κ2) is 4.28. The molecule has 1 unspecified atom stereocenters. The number of rotatable bonds is 2. The van der Waals surface area contributed by atoms with Crippen molar-refractivity contribution < 1.29 is 4.74 Å². The fourth-order valence-corrected chi connectivity index (χ4v) is 2.21. The van der Waals surface area contributed by atoms with E-state index in [9.17, 15) is 0 Å². The molecule has 3 nitrogen and oxygen atoms in total. The molecule has 1 fully saturated rings. The van der Waals surface area contributed by atoms with Gasteiger partial charge in [-0.1, -0.05) is 0 Å².